The Morgan fingerprint density at radius 1 is 1.50 bits per heavy atom. The molecule has 0 spiro atoms. The van der Waals surface area contributed by atoms with Gasteiger partial charge in [0, 0.05) is 5.69 Å². The highest BCUT2D eigenvalue weighted by molar-refractivity contribution is 7.99. The van der Waals surface area contributed by atoms with E-state index < -0.39 is 5.97 Å². The van der Waals surface area contributed by atoms with Gasteiger partial charge >= 0.3 is 5.97 Å². The summed E-state index contributed by atoms with van der Waals surface area (Å²) in [6.45, 7) is 2.03. The predicted octanol–water partition coefficient (Wildman–Crippen LogP) is 2.00. The quantitative estimate of drug-likeness (QED) is 0.858. The molecule has 0 amide bonds. The molecule has 2 aromatic rings. The van der Waals surface area contributed by atoms with E-state index in [2.05, 4.69) is 20.2 Å². The zero-order valence-corrected chi connectivity index (χ0v) is 10.6. The third-order valence-corrected chi connectivity index (χ3v) is 3.01. The molecule has 0 fully saturated rings. The van der Waals surface area contributed by atoms with E-state index in [-0.39, 0.29) is 5.56 Å². The molecule has 0 unspecified atom stereocenters. The first-order valence-electron chi connectivity index (χ1n) is 5.46. The van der Waals surface area contributed by atoms with Crippen molar-refractivity contribution in [3.05, 3.63) is 29.7 Å². The number of aromatic nitrogens is 4. The second-order valence-corrected chi connectivity index (χ2v) is 4.64. The lowest BCUT2D eigenvalue weighted by molar-refractivity contribution is 0.0696. The number of hydrogen-bond donors (Lipinski definition) is 2. The van der Waals surface area contributed by atoms with Crippen LogP contribution in [0, 0.1) is 0 Å². The first kappa shape index (κ1) is 12.6. The van der Waals surface area contributed by atoms with E-state index in [0.29, 0.717) is 10.2 Å². The molecule has 2 rings (SSSR count). The molecule has 0 aliphatic heterocycles. The van der Waals surface area contributed by atoms with Gasteiger partial charge in [0.15, 0.2) is 5.16 Å². The highest BCUT2D eigenvalue weighted by atomic mass is 32.2. The fraction of sp³-hybridized carbons (Fsp3) is 0.273. The molecular weight excluding hydrogens is 252 g/mol. The van der Waals surface area contributed by atoms with Gasteiger partial charge in [0.05, 0.1) is 5.56 Å². The van der Waals surface area contributed by atoms with E-state index in [1.165, 1.54) is 24.2 Å². The first-order chi connectivity index (χ1) is 8.69. The Labute approximate surface area is 108 Å². The minimum absolute atomic E-state index is 0.246. The fourth-order valence-electron chi connectivity index (χ4n) is 1.46. The molecule has 0 aliphatic rings. The molecule has 6 nitrogen and oxygen atoms in total. The Balaban J connectivity index is 2.30. The molecule has 2 aromatic heterocycles. The summed E-state index contributed by atoms with van der Waals surface area (Å²) in [6.07, 6.45) is 3.07. The molecule has 0 atom stereocenters. The van der Waals surface area contributed by atoms with Crippen LogP contribution in [0.3, 0.4) is 0 Å². The maximum Gasteiger partial charge on any atom is 0.335 e. The van der Waals surface area contributed by atoms with Crippen LogP contribution in [0.15, 0.2) is 28.6 Å². The van der Waals surface area contributed by atoms with Crippen molar-refractivity contribution in [1.29, 1.82) is 0 Å². The topological polar surface area (TPSA) is 91.8 Å². The van der Waals surface area contributed by atoms with Crippen LogP contribution < -0.4 is 0 Å². The average Bonchev–Trinajstić information content (AvgIpc) is 2.82. The van der Waals surface area contributed by atoms with Crippen LogP contribution in [0.1, 0.15) is 29.4 Å². The molecule has 7 heteroatoms. The summed E-state index contributed by atoms with van der Waals surface area (Å²) in [4.78, 5) is 19.4. The number of nitrogens with zero attached hydrogens (tertiary/aromatic N) is 3. The standard InChI is InChI=1S/C11H12N4O2S/c1-2-3-8-4-7(10(16)17)5-9(14-8)18-11-12-6-13-15-11/h4-6H,2-3H2,1H3,(H,16,17)(H,12,13,15). The summed E-state index contributed by atoms with van der Waals surface area (Å²) < 4.78 is 0. The number of carboxylic acids is 1. The predicted molar refractivity (Wildman–Crippen MR) is 65.7 cm³/mol. The SMILES string of the molecule is CCCc1cc(C(=O)O)cc(Sc2ncn[nH]2)n1. The van der Waals surface area contributed by atoms with Gasteiger partial charge in [0.2, 0.25) is 0 Å². The van der Waals surface area contributed by atoms with Crippen molar-refractivity contribution in [3.8, 4) is 0 Å². The number of pyridine rings is 1. The highest BCUT2D eigenvalue weighted by Gasteiger charge is 2.10. The van der Waals surface area contributed by atoms with Crippen LogP contribution >= 0.6 is 11.8 Å². The summed E-state index contributed by atoms with van der Waals surface area (Å²) in [5, 5.41) is 16.7. The second-order valence-electron chi connectivity index (χ2n) is 3.63. The van der Waals surface area contributed by atoms with Gasteiger partial charge in [-0.1, -0.05) is 13.3 Å². The Bertz CT molecular complexity index is 542. The summed E-state index contributed by atoms with van der Waals surface area (Å²) in [7, 11) is 0. The summed E-state index contributed by atoms with van der Waals surface area (Å²) in [6, 6.07) is 3.14. The van der Waals surface area contributed by atoms with Crippen molar-refractivity contribution in [2.75, 3.05) is 0 Å². The third-order valence-electron chi connectivity index (χ3n) is 2.20. The van der Waals surface area contributed by atoms with Gasteiger partial charge in [0.25, 0.3) is 0 Å². The molecule has 0 aliphatic carbocycles. The fourth-order valence-corrected chi connectivity index (χ4v) is 2.21. The molecule has 0 saturated heterocycles. The molecule has 2 heterocycles. The molecule has 94 valence electrons. The zero-order valence-electron chi connectivity index (χ0n) is 9.75. The van der Waals surface area contributed by atoms with Crippen molar-refractivity contribution in [2.45, 2.75) is 29.9 Å². The molecule has 2 N–H and O–H groups in total. The van der Waals surface area contributed by atoms with Crippen LogP contribution in [0.5, 0.6) is 0 Å². The molecule has 0 aromatic carbocycles. The zero-order chi connectivity index (χ0) is 13.0. The molecule has 0 saturated carbocycles. The lowest BCUT2D eigenvalue weighted by Crippen LogP contribution is -2.01. The smallest absolute Gasteiger partial charge is 0.335 e. The monoisotopic (exact) mass is 264 g/mol. The van der Waals surface area contributed by atoms with Gasteiger partial charge in [0.1, 0.15) is 11.4 Å². The minimum Gasteiger partial charge on any atom is -0.478 e. The van der Waals surface area contributed by atoms with E-state index >= 15 is 0 Å². The van der Waals surface area contributed by atoms with Gasteiger partial charge in [-0.05, 0) is 30.3 Å². The lowest BCUT2D eigenvalue weighted by Gasteiger charge is -2.04. The second kappa shape index (κ2) is 5.63. The van der Waals surface area contributed by atoms with Crippen molar-refractivity contribution in [3.63, 3.8) is 0 Å². The Morgan fingerprint density at radius 2 is 2.33 bits per heavy atom. The molecular formula is C11H12N4O2S. The van der Waals surface area contributed by atoms with Crippen molar-refractivity contribution in [2.24, 2.45) is 0 Å². The Morgan fingerprint density at radius 3 is 2.94 bits per heavy atom. The van der Waals surface area contributed by atoms with Crippen molar-refractivity contribution >= 4 is 17.7 Å². The van der Waals surface area contributed by atoms with E-state index in [1.807, 2.05) is 6.92 Å². The molecule has 0 radical (unpaired) electrons. The van der Waals surface area contributed by atoms with Gasteiger partial charge in [-0.3, -0.25) is 5.10 Å². The maximum absolute atomic E-state index is 11.0. The highest BCUT2D eigenvalue weighted by Crippen LogP contribution is 2.23. The Kier molecular flexibility index (Phi) is 3.93. The number of hydrogen-bond acceptors (Lipinski definition) is 5. The Hall–Kier alpha value is -1.89. The maximum atomic E-state index is 11.0. The van der Waals surface area contributed by atoms with Crippen LogP contribution in [-0.2, 0) is 6.42 Å². The van der Waals surface area contributed by atoms with Crippen LogP contribution in [0.25, 0.3) is 0 Å². The number of carboxylic acid groups (broad SMARTS) is 1. The van der Waals surface area contributed by atoms with Gasteiger partial charge in [-0.25, -0.2) is 14.8 Å². The number of rotatable bonds is 5. The third kappa shape index (κ3) is 3.07. The van der Waals surface area contributed by atoms with Crippen LogP contribution in [0.4, 0.5) is 0 Å². The first-order valence-corrected chi connectivity index (χ1v) is 6.28. The minimum atomic E-state index is -0.950. The van der Waals surface area contributed by atoms with E-state index in [0.717, 1.165) is 18.5 Å². The lowest BCUT2D eigenvalue weighted by atomic mass is 10.2. The van der Waals surface area contributed by atoms with Gasteiger partial charge in [-0.2, -0.15) is 5.10 Å². The number of aryl methyl sites for hydroxylation is 1. The van der Waals surface area contributed by atoms with Crippen LogP contribution in [-0.4, -0.2) is 31.2 Å². The number of aromatic carboxylic acids is 1. The normalized spacial score (nSPS) is 10.5. The van der Waals surface area contributed by atoms with E-state index in [9.17, 15) is 4.79 Å². The van der Waals surface area contributed by atoms with Crippen molar-refractivity contribution < 1.29 is 9.90 Å². The van der Waals surface area contributed by atoms with E-state index in [1.54, 1.807) is 6.07 Å². The number of nitrogens with one attached hydrogen (secondary N) is 1. The van der Waals surface area contributed by atoms with Gasteiger partial charge in [-0.15, -0.1) is 0 Å². The van der Waals surface area contributed by atoms with E-state index in [4.69, 9.17) is 5.11 Å². The molecule has 0 bridgehead atoms. The van der Waals surface area contributed by atoms with Crippen LogP contribution in [0.2, 0.25) is 0 Å². The summed E-state index contributed by atoms with van der Waals surface area (Å²) in [5.41, 5.74) is 1.02. The number of aromatic amines is 1. The molecule has 18 heavy (non-hydrogen) atoms. The average molecular weight is 264 g/mol. The largest absolute Gasteiger partial charge is 0.478 e. The van der Waals surface area contributed by atoms with Gasteiger partial charge < -0.3 is 5.11 Å². The number of carbonyl (C=O) groups is 1. The number of H-pyrrole nitrogens is 1. The summed E-state index contributed by atoms with van der Waals surface area (Å²) in [5.74, 6) is -0.950. The summed E-state index contributed by atoms with van der Waals surface area (Å²) >= 11 is 1.26. The van der Waals surface area contributed by atoms with Crippen molar-refractivity contribution in [1.82, 2.24) is 20.2 Å².